The highest BCUT2D eigenvalue weighted by Gasteiger charge is 2.37. The van der Waals surface area contributed by atoms with Crippen LogP contribution in [0.5, 0.6) is 0 Å². The van der Waals surface area contributed by atoms with E-state index in [4.69, 9.17) is 26.5 Å². The maximum Gasteiger partial charge on any atom is 0.431 e. The molecule has 1 aromatic heterocycles. The van der Waals surface area contributed by atoms with Gasteiger partial charge in [0.05, 0.1) is 17.3 Å². The maximum atomic E-state index is 14.7. The van der Waals surface area contributed by atoms with Gasteiger partial charge in [0.25, 0.3) is 5.56 Å². The average Bonchev–Trinajstić information content (AvgIpc) is 2.71. The van der Waals surface area contributed by atoms with Crippen LogP contribution < -0.4 is 11.2 Å². The summed E-state index contributed by atoms with van der Waals surface area (Å²) < 4.78 is 64.3. The van der Waals surface area contributed by atoms with Crippen molar-refractivity contribution in [3.8, 4) is 5.69 Å². The number of carbonyl (C=O) groups excluding carboxylic acids is 1. The summed E-state index contributed by atoms with van der Waals surface area (Å²) in [6.07, 6.45) is -5.37. The first-order valence-electron chi connectivity index (χ1n) is 9.37. The summed E-state index contributed by atoms with van der Waals surface area (Å²) in [7, 11) is 1.99. The van der Waals surface area contributed by atoms with Crippen molar-refractivity contribution in [3.63, 3.8) is 0 Å². The number of esters is 1. The van der Waals surface area contributed by atoms with E-state index in [1.54, 1.807) is 6.92 Å². The second kappa shape index (κ2) is 9.48. The van der Waals surface area contributed by atoms with Gasteiger partial charge in [-0.1, -0.05) is 11.6 Å². The van der Waals surface area contributed by atoms with E-state index >= 15 is 0 Å². The van der Waals surface area contributed by atoms with E-state index in [9.17, 15) is 31.9 Å². The molecule has 0 fully saturated rings. The number of rotatable bonds is 7. The number of ether oxygens (including phenoxy) is 2. The van der Waals surface area contributed by atoms with Crippen LogP contribution in [0.4, 0.5) is 17.6 Å². The van der Waals surface area contributed by atoms with Crippen LogP contribution in [-0.4, -0.2) is 40.1 Å². The number of benzene rings is 1. The van der Waals surface area contributed by atoms with E-state index in [2.05, 4.69) is 0 Å². The third-order valence-corrected chi connectivity index (χ3v) is 5.20. The molecule has 0 aliphatic carbocycles. The van der Waals surface area contributed by atoms with E-state index in [0.717, 1.165) is 13.1 Å². The summed E-state index contributed by atoms with van der Waals surface area (Å²) in [5, 5.41) is 8.04. The van der Waals surface area contributed by atoms with Crippen molar-refractivity contribution < 1.29 is 31.8 Å². The number of halogens is 5. The number of hydrogen-bond acceptors (Lipinski definition) is 6. The quantitative estimate of drug-likeness (QED) is 0.363. The van der Waals surface area contributed by atoms with Crippen molar-refractivity contribution in [1.29, 1.82) is 5.41 Å². The van der Waals surface area contributed by atoms with Crippen LogP contribution in [0, 0.1) is 11.2 Å². The predicted molar refractivity (Wildman–Crippen MR) is 111 cm³/mol. The van der Waals surface area contributed by atoms with Crippen molar-refractivity contribution in [1.82, 2.24) is 9.13 Å². The van der Waals surface area contributed by atoms with Gasteiger partial charge in [0, 0.05) is 37.9 Å². The zero-order valence-electron chi connectivity index (χ0n) is 18.0. The van der Waals surface area contributed by atoms with Crippen LogP contribution in [0.25, 0.3) is 5.69 Å². The number of nitrogens with zero attached hydrogens (tertiary/aromatic N) is 2. The molecule has 1 heterocycles. The van der Waals surface area contributed by atoms with Crippen LogP contribution in [-0.2, 0) is 27.5 Å². The van der Waals surface area contributed by atoms with Crippen LogP contribution in [0.1, 0.15) is 31.5 Å². The third kappa shape index (κ3) is 5.17. The van der Waals surface area contributed by atoms with Crippen molar-refractivity contribution in [3.05, 3.63) is 61.1 Å². The Labute approximate surface area is 189 Å². The molecule has 0 aliphatic rings. The lowest BCUT2D eigenvalue weighted by molar-refractivity contribution is -0.165. The Balaban J connectivity index is 2.65. The molecule has 13 heteroatoms. The number of methoxy groups -OCH3 is 1. The molecule has 180 valence electrons. The van der Waals surface area contributed by atoms with E-state index in [1.165, 1.54) is 14.0 Å². The monoisotopic (exact) mass is 493 g/mol. The Bertz CT molecular complexity index is 1220. The van der Waals surface area contributed by atoms with Crippen LogP contribution in [0.3, 0.4) is 0 Å². The van der Waals surface area contributed by atoms with Crippen LogP contribution >= 0.6 is 11.6 Å². The Morgan fingerprint density at radius 1 is 1.21 bits per heavy atom. The third-order valence-electron chi connectivity index (χ3n) is 4.88. The standard InChI is InChI=1S/C20H20ClF4N3O5/c1-5-33-17(30)19(2,32-4)9-13(26)10-6-14(12(22)7-11(10)21)28-16(29)8-15(20(23,24)25)27(3)18(28)31/h6-8,26H,5,9H2,1-4H3. The largest absolute Gasteiger partial charge is 0.464 e. The lowest BCUT2D eigenvalue weighted by Crippen LogP contribution is -2.42. The number of carbonyl (C=O) groups is 1. The van der Waals surface area contributed by atoms with Gasteiger partial charge in [0.15, 0.2) is 5.60 Å². The Kier molecular flexibility index (Phi) is 7.54. The van der Waals surface area contributed by atoms with E-state index < -0.39 is 46.2 Å². The number of nitrogens with one attached hydrogen (secondary N) is 1. The summed E-state index contributed by atoms with van der Waals surface area (Å²) in [5.74, 6) is -1.96. The molecular formula is C20H20ClF4N3O5. The number of hydrogen-bond donors (Lipinski definition) is 1. The fraction of sp³-hybridized carbons (Fsp3) is 0.400. The molecule has 1 aromatic carbocycles. The summed E-state index contributed by atoms with van der Waals surface area (Å²) in [6, 6.07) is 1.74. The molecule has 1 unspecified atom stereocenters. The molecule has 1 atom stereocenters. The maximum absolute atomic E-state index is 14.7. The lowest BCUT2D eigenvalue weighted by Gasteiger charge is -2.26. The molecule has 0 bridgehead atoms. The van der Waals surface area contributed by atoms with Crippen LogP contribution in [0.2, 0.25) is 5.02 Å². The summed E-state index contributed by atoms with van der Waals surface area (Å²) >= 11 is 6.04. The molecule has 2 rings (SSSR count). The highest BCUT2D eigenvalue weighted by atomic mass is 35.5. The molecule has 1 N–H and O–H groups in total. The minimum absolute atomic E-state index is 0.0483. The number of aromatic nitrogens is 2. The second-order valence-corrected chi connectivity index (χ2v) is 7.54. The minimum Gasteiger partial charge on any atom is -0.464 e. The van der Waals surface area contributed by atoms with Gasteiger partial charge >= 0.3 is 17.8 Å². The highest BCUT2D eigenvalue weighted by molar-refractivity contribution is 6.34. The zero-order chi connectivity index (χ0) is 25.3. The molecule has 0 amide bonds. The molecule has 2 aromatic rings. The van der Waals surface area contributed by atoms with Crippen LogP contribution in [0.15, 0.2) is 27.8 Å². The molecule has 0 saturated carbocycles. The first-order valence-corrected chi connectivity index (χ1v) is 9.75. The van der Waals surface area contributed by atoms with E-state index in [0.29, 0.717) is 6.07 Å². The van der Waals surface area contributed by atoms with Gasteiger partial charge in [-0.2, -0.15) is 13.2 Å². The smallest absolute Gasteiger partial charge is 0.431 e. The van der Waals surface area contributed by atoms with Gasteiger partial charge in [-0.3, -0.25) is 9.36 Å². The Morgan fingerprint density at radius 2 is 1.82 bits per heavy atom. The first-order chi connectivity index (χ1) is 15.2. The molecule has 0 aliphatic heterocycles. The Hall–Kier alpha value is -2.99. The predicted octanol–water partition coefficient (Wildman–Crippen LogP) is 3.07. The van der Waals surface area contributed by atoms with E-state index in [1.807, 2.05) is 0 Å². The zero-order valence-corrected chi connectivity index (χ0v) is 18.7. The van der Waals surface area contributed by atoms with Gasteiger partial charge in [0.1, 0.15) is 11.5 Å². The van der Waals surface area contributed by atoms with Crippen molar-refractivity contribution in [2.24, 2.45) is 7.05 Å². The van der Waals surface area contributed by atoms with Gasteiger partial charge in [0.2, 0.25) is 0 Å². The molecular weight excluding hydrogens is 474 g/mol. The van der Waals surface area contributed by atoms with Gasteiger partial charge in [-0.05, 0) is 26.0 Å². The number of alkyl halides is 3. The topological polar surface area (TPSA) is 103 Å². The molecule has 33 heavy (non-hydrogen) atoms. The normalized spacial score (nSPS) is 13.5. The van der Waals surface area contributed by atoms with Crippen molar-refractivity contribution in [2.45, 2.75) is 32.0 Å². The lowest BCUT2D eigenvalue weighted by atomic mass is 9.94. The SMILES string of the molecule is CCOC(=O)C(C)(CC(=N)c1cc(-n2c(=O)cc(C(F)(F)F)n(C)c2=O)c(F)cc1Cl)OC. The van der Waals surface area contributed by atoms with Gasteiger partial charge in [-0.25, -0.2) is 18.5 Å². The van der Waals surface area contributed by atoms with Crippen molar-refractivity contribution >= 4 is 23.3 Å². The first kappa shape index (κ1) is 26.3. The fourth-order valence-corrected chi connectivity index (χ4v) is 3.27. The minimum atomic E-state index is -4.99. The molecule has 0 saturated heterocycles. The summed E-state index contributed by atoms with van der Waals surface area (Å²) in [5.41, 5.74) is -7.23. The Morgan fingerprint density at radius 3 is 2.33 bits per heavy atom. The molecule has 8 nitrogen and oxygen atoms in total. The van der Waals surface area contributed by atoms with Gasteiger partial charge in [-0.15, -0.1) is 0 Å². The average molecular weight is 494 g/mol. The summed E-state index contributed by atoms with van der Waals surface area (Å²) in [4.78, 5) is 37.0. The summed E-state index contributed by atoms with van der Waals surface area (Å²) in [6.45, 7) is 2.98. The highest BCUT2D eigenvalue weighted by Crippen LogP contribution is 2.29. The van der Waals surface area contributed by atoms with E-state index in [-0.39, 0.29) is 44.5 Å². The van der Waals surface area contributed by atoms with Gasteiger partial charge < -0.3 is 14.9 Å². The van der Waals surface area contributed by atoms with Crippen molar-refractivity contribution in [2.75, 3.05) is 13.7 Å². The molecule has 0 spiro atoms. The molecule has 0 radical (unpaired) electrons. The fourth-order valence-electron chi connectivity index (χ4n) is 3.00. The second-order valence-electron chi connectivity index (χ2n) is 7.14.